The number of para-hydroxylation sites is 1. The first-order chi connectivity index (χ1) is 12.6. The van der Waals surface area contributed by atoms with Crippen LogP contribution in [0.1, 0.15) is 37.4 Å². The van der Waals surface area contributed by atoms with Crippen molar-refractivity contribution in [3.8, 4) is 0 Å². The molecule has 3 rings (SSSR count). The van der Waals surface area contributed by atoms with E-state index in [9.17, 15) is 9.59 Å². The fourth-order valence-corrected chi connectivity index (χ4v) is 2.99. The summed E-state index contributed by atoms with van der Waals surface area (Å²) < 4.78 is 1.71. The molecule has 2 aromatic carbocycles. The van der Waals surface area contributed by atoms with Gasteiger partial charge in [-0.2, -0.15) is 5.10 Å². The van der Waals surface area contributed by atoms with Crippen LogP contribution in [0.4, 0.5) is 0 Å². The van der Waals surface area contributed by atoms with Crippen molar-refractivity contribution >= 4 is 16.8 Å². The molecule has 1 atom stereocenters. The van der Waals surface area contributed by atoms with Crippen LogP contribution < -0.4 is 10.7 Å². The largest absolute Gasteiger partial charge is 0.350 e. The highest BCUT2D eigenvalue weighted by molar-refractivity contribution is 5.79. The number of carbonyl (C=O) groups excluding carboxylic acids is 1. The summed E-state index contributed by atoms with van der Waals surface area (Å²) in [5, 5.41) is 7.80. The maximum atomic E-state index is 12.3. The maximum absolute atomic E-state index is 12.3. The van der Waals surface area contributed by atoms with Crippen LogP contribution in [0.25, 0.3) is 10.9 Å². The molecule has 3 aromatic rings. The summed E-state index contributed by atoms with van der Waals surface area (Å²) in [5.41, 5.74) is 3.01. The minimum atomic E-state index is -0.106. The highest BCUT2D eigenvalue weighted by atomic mass is 16.1. The van der Waals surface area contributed by atoms with Crippen LogP contribution >= 0.6 is 0 Å². The molecule has 1 N–H and O–H groups in total. The van der Waals surface area contributed by atoms with Crippen LogP contribution in [0, 0.1) is 0 Å². The van der Waals surface area contributed by atoms with E-state index in [0.717, 1.165) is 17.5 Å². The lowest BCUT2D eigenvalue weighted by Crippen LogP contribution is -2.28. The highest BCUT2D eigenvalue weighted by Crippen LogP contribution is 2.14. The van der Waals surface area contributed by atoms with E-state index in [1.54, 1.807) is 10.7 Å². The van der Waals surface area contributed by atoms with Crippen LogP contribution in [-0.2, 0) is 17.8 Å². The van der Waals surface area contributed by atoms with Crippen molar-refractivity contribution < 1.29 is 4.79 Å². The van der Waals surface area contributed by atoms with Crippen LogP contribution in [0.2, 0.25) is 0 Å². The average Bonchev–Trinajstić information content (AvgIpc) is 2.67. The number of aryl methyl sites for hydroxylation is 2. The van der Waals surface area contributed by atoms with Crippen molar-refractivity contribution in [3.05, 3.63) is 76.1 Å². The summed E-state index contributed by atoms with van der Waals surface area (Å²) >= 11 is 0. The molecule has 0 aliphatic rings. The number of hydrogen-bond donors (Lipinski definition) is 1. The first-order valence-electron chi connectivity index (χ1n) is 8.91. The van der Waals surface area contributed by atoms with Gasteiger partial charge in [-0.15, -0.1) is 0 Å². The Bertz CT molecular complexity index is 961. The average molecular weight is 349 g/mol. The number of rotatable bonds is 6. The van der Waals surface area contributed by atoms with Crippen LogP contribution in [0.5, 0.6) is 0 Å². The molecule has 0 saturated heterocycles. The van der Waals surface area contributed by atoms with Crippen molar-refractivity contribution in [1.82, 2.24) is 15.1 Å². The van der Waals surface area contributed by atoms with Crippen molar-refractivity contribution in [2.45, 2.75) is 39.3 Å². The fourth-order valence-electron chi connectivity index (χ4n) is 2.99. The van der Waals surface area contributed by atoms with Gasteiger partial charge in [0, 0.05) is 11.8 Å². The molecular weight excluding hydrogens is 326 g/mol. The van der Waals surface area contributed by atoms with Crippen LogP contribution in [-0.4, -0.2) is 15.7 Å². The van der Waals surface area contributed by atoms with Crippen molar-refractivity contribution in [1.29, 1.82) is 0 Å². The minimum Gasteiger partial charge on any atom is -0.350 e. The number of benzene rings is 2. The van der Waals surface area contributed by atoms with E-state index in [-0.39, 0.29) is 17.4 Å². The minimum absolute atomic E-state index is 0.0401. The molecule has 0 saturated carbocycles. The van der Waals surface area contributed by atoms with Crippen LogP contribution in [0.15, 0.2) is 59.5 Å². The lowest BCUT2D eigenvalue weighted by Gasteiger charge is -2.15. The molecule has 0 aliphatic heterocycles. The molecular formula is C21H23N3O2. The lowest BCUT2D eigenvalue weighted by molar-refractivity contribution is -0.122. The topological polar surface area (TPSA) is 64.0 Å². The van der Waals surface area contributed by atoms with Crippen molar-refractivity contribution in [2.24, 2.45) is 0 Å². The predicted molar refractivity (Wildman–Crippen MR) is 103 cm³/mol. The first-order valence-corrected chi connectivity index (χ1v) is 8.91. The van der Waals surface area contributed by atoms with Crippen LogP contribution in [0.3, 0.4) is 0 Å². The quantitative estimate of drug-likeness (QED) is 0.743. The van der Waals surface area contributed by atoms with Gasteiger partial charge in [-0.05, 0) is 36.6 Å². The summed E-state index contributed by atoms with van der Waals surface area (Å²) in [5.74, 6) is -0.0401. The number of carbonyl (C=O) groups is 1. The zero-order valence-corrected chi connectivity index (χ0v) is 15.1. The Kier molecular flexibility index (Phi) is 5.46. The third kappa shape index (κ3) is 3.99. The molecule has 0 unspecified atom stereocenters. The van der Waals surface area contributed by atoms with Gasteiger partial charge in [0.1, 0.15) is 0 Å². The number of nitrogens with one attached hydrogen (secondary N) is 1. The smallest absolute Gasteiger partial charge is 0.222 e. The molecule has 0 fully saturated rings. The van der Waals surface area contributed by atoms with Gasteiger partial charge in [-0.3, -0.25) is 14.3 Å². The first kappa shape index (κ1) is 17.9. The molecule has 0 spiro atoms. The van der Waals surface area contributed by atoms with E-state index in [0.29, 0.717) is 18.4 Å². The Morgan fingerprint density at radius 2 is 1.88 bits per heavy atom. The Morgan fingerprint density at radius 3 is 2.62 bits per heavy atom. The molecule has 1 aromatic heterocycles. The number of aromatic nitrogens is 2. The van der Waals surface area contributed by atoms with Crippen molar-refractivity contribution in [3.63, 3.8) is 0 Å². The predicted octanol–water partition coefficient (Wildman–Crippen LogP) is 3.23. The fraction of sp³-hybridized carbons (Fsp3) is 0.286. The number of amides is 1. The lowest BCUT2D eigenvalue weighted by atomic mass is 10.0. The van der Waals surface area contributed by atoms with E-state index in [4.69, 9.17) is 0 Å². The summed E-state index contributed by atoms with van der Waals surface area (Å²) in [6.45, 7) is 4.52. The zero-order valence-electron chi connectivity index (χ0n) is 15.1. The monoisotopic (exact) mass is 349 g/mol. The van der Waals surface area contributed by atoms with Gasteiger partial charge in [0.25, 0.3) is 0 Å². The van der Waals surface area contributed by atoms with E-state index >= 15 is 0 Å². The van der Waals surface area contributed by atoms with Gasteiger partial charge in [-0.1, -0.05) is 43.3 Å². The van der Waals surface area contributed by atoms with Gasteiger partial charge in [-0.25, -0.2) is 0 Å². The molecule has 5 heteroatoms. The molecule has 5 nitrogen and oxygen atoms in total. The second-order valence-electron chi connectivity index (χ2n) is 6.38. The second kappa shape index (κ2) is 7.95. The number of nitrogens with zero attached hydrogens (tertiary/aromatic N) is 2. The molecule has 0 radical (unpaired) electrons. The van der Waals surface area contributed by atoms with Gasteiger partial charge in [0.2, 0.25) is 11.3 Å². The number of hydrogen-bond acceptors (Lipinski definition) is 3. The maximum Gasteiger partial charge on any atom is 0.222 e. The van der Waals surface area contributed by atoms with E-state index in [2.05, 4.69) is 41.6 Å². The number of fused-ring (bicyclic) bond motifs is 1. The molecule has 1 heterocycles. The normalized spacial score (nSPS) is 12.1. The highest BCUT2D eigenvalue weighted by Gasteiger charge is 2.11. The Labute approximate surface area is 152 Å². The summed E-state index contributed by atoms with van der Waals surface area (Å²) in [7, 11) is 0. The van der Waals surface area contributed by atoms with Crippen molar-refractivity contribution in [2.75, 3.05) is 0 Å². The van der Waals surface area contributed by atoms with Gasteiger partial charge in [0.15, 0.2) is 0 Å². The van der Waals surface area contributed by atoms with E-state index in [1.807, 2.05) is 25.1 Å². The van der Waals surface area contributed by atoms with Gasteiger partial charge < -0.3 is 5.32 Å². The Hall–Kier alpha value is -2.95. The molecule has 26 heavy (non-hydrogen) atoms. The molecule has 1 amide bonds. The van der Waals surface area contributed by atoms with Gasteiger partial charge in [0.05, 0.1) is 24.3 Å². The molecule has 0 bridgehead atoms. The standard InChI is InChI=1S/C21H23N3O2/c1-3-16-8-10-17(11-9-16)15(2)23-21(26)12-13-24-19-7-5-4-6-18(19)20(25)14-22-24/h4-11,14-15H,3,12-13H2,1-2H3,(H,23,26)/t15-/m1/s1. The third-order valence-electron chi connectivity index (χ3n) is 4.58. The summed E-state index contributed by atoms with van der Waals surface area (Å²) in [6.07, 6.45) is 2.61. The second-order valence-corrected chi connectivity index (χ2v) is 6.38. The Balaban J connectivity index is 1.64. The SMILES string of the molecule is CCc1ccc([C@@H](C)NC(=O)CCn2ncc(=O)c3ccccc32)cc1. The van der Waals surface area contributed by atoms with Gasteiger partial charge >= 0.3 is 0 Å². The Morgan fingerprint density at radius 1 is 1.15 bits per heavy atom. The van der Waals surface area contributed by atoms with E-state index in [1.165, 1.54) is 11.8 Å². The zero-order chi connectivity index (χ0) is 18.5. The summed E-state index contributed by atoms with van der Waals surface area (Å²) in [4.78, 5) is 24.2. The summed E-state index contributed by atoms with van der Waals surface area (Å²) in [6, 6.07) is 15.6. The molecule has 134 valence electrons. The molecule has 0 aliphatic carbocycles. The third-order valence-corrected chi connectivity index (χ3v) is 4.58. The van der Waals surface area contributed by atoms with E-state index < -0.39 is 0 Å².